The van der Waals surface area contributed by atoms with E-state index in [0.29, 0.717) is 12.2 Å². The molecule has 0 radical (unpaired) electrons. The molecule has 0 saturated heterocycles. The molecule has 0 aliphatic rings. The van der Waals surface area contributed by atoms with Crippen molar-refractivity contribution in [1.29, 1.82) is 0 Å². The summed E-state index contributed by atoms with van der Waals surface area (Å²) in [5, 5.41) is 5.64. The van der Waals surface area contributed by atoms with E-state index < -0.39 is 5.41 Å². The molecule has 0 unspecified atom stereocenters. The van der Waals surface area contributed by atoms with Gasteiger partial charge in [0, 0.05) is 17.7 Å². The Kier molecular flexibility index (Phi) is 7.00. The summed E-state index contributed by atoms with van der Waals surface area (Å²) in [6, 6.07) is 17.2. The number of esters is 1. The van der Waals surface area contributed by atoms with E-state index in [-0.39, 0.29) is 30.7 Å². The predicted octanol–water partition coefficient (Wildman–Crippen LogP) is 4.57. The zero-order chi connectivity index (χ0) is 22.4. The number of hydrogen-bond acceptors (Lipinski definition) is 4. The first-order valence-corrected chi connectivity index (χ1v) is 10.5. The van der Waals surface area contributed by atoms with Crippen LogP contribution in [-0.4, -0.2) is 22.8 Å². The summed E-state index contributed by atoms with van der Waals surface area (Å²) in [6.07, 6.45) is 0.546. The minimum Gasteiger partial charge on any atom is -0.492 e. The van der Waals surface area contributed by atoms with Gasteiger partial charge in [0.05, 0.1) is 5.41 Å². The summed E-state index contributed by atoms with van der Waals surface area (Å²) in [6.45, 7) is 8.16. The third-order valence-corrected chi connectivity index (χ3v) is 5.16. The van der Waals surface area contributed by atoms with Crippen LogP contribution in [0.15, 0.2) is 59.4 Å². The third kappa shape index (κ3) is 5.87. The Morgan fingerprint density at radius 3 is 2.29 bits per heavy atom. The second-order valence-electron chi connectivity index (χ2n) is 8.68. The number of H-pyrrole nitrogens is 2. The van der Waals surface area contributed by atoms with Crippen molar-refractivity contribution in [2.75, 3.05) is 6.61 Å². The third-order valence-electron chi connectivity index (χ3n) is 5.16. The van der Waals surface area contributed by atoms with Crippen LogP contribution in [-0.2, 0) is 22.6 Å². The predicted molar refractivity (Wildman–Crippen MR) is 120 cm³/mol. The van der Waals surface area contributed by atoms with E-state index in [0.717, 1.165) is 22.4 Å². The molecule has 3 rings (SSSR count). The first-order chi connectivity index (χ1) is 14.8. The molecule has 0 amide bonds. The summed E-state index contributed by atoms with van der Waals surface area (Å²) in [5.41, 5.74) is 2.79. The first kappa shape index (κ1) is 22.4. The molecule has 0 fully saturated rings. The van der Waals surface area contributed by atoms with E-state index in [4.69, 9.17) is 9.47 Å². The van der Waals surface area contributed by atoms with Crippen molar-refractivity contribution in [3.8, 4) is 5.75 Å². The van der Waals surface area contributed by atoms with Gasteiger partial charge in [-0.1, -0.05) is 56.3 Å². The van der Waals surface area contributed by atoms with E-state index in [1.165, 1.54) is 0 Å². The first-order valence-electron chi connectivity index (χ1n) is 10.5. The van der Waals surface area contributed by atoms with Gasteiger partial charge in [0.15, 0.2) is 0 Å². The van der Waals surface area contributed by atoms with Crippen LogP contribution in [0.4, 0.5) is 0 Å². The largest absolute Gasteiger partial charge is 0.492 e. The fourth-order valence-electron chi connectivity index (χ4n) is 3.21. The lowest BCUT2D eigenvalue weighted by Gasteiger charge is -2.23. The molecule has 2 N–H and O–H groups in total. The molecule has 0 atom stereocenters. The van der Waals surface area contributed by atoms with E-state index in [1.807, 2.05) is 68.4 Å². The molecule has 1 heterocycles. The molecule has 0 aliphatic carbocycles. The van der Waals surface area contributed by atoms with Crippen molar-refractivity contribution >= 4 is 5.97 Å². The second-order valence-corrected chi connectivity index (χ2v) is 8.68. The Morgan fingerprint density at radius 2 is 1.65 bits per heavy atom. The van der Waals surface area contributed by atoms with Crippen molar-refractivity contribution in [2.45, 2.75) is 46.6 Å². The minimum absolute atomic E-state index is 0.0835. The quantitative estimate of drug-likeness (QED) is 0.495. The highest BCUT2D eigenvalue weighted by molar-refractivity contribution is 5.76. The average Bonchev–Trinajstić information content (AvgIpc) is 3.12. The maximum absolute atomic E-state index is 12.5. The van der Waals surface area contributed by atoms with Crippen LogP contribution in [0.1, 0.15) is 56.0 Å². The number of rotatable bonds is 9. The number of ether oxygens (including phenoxy) is 2. The zero-order valence-electron chi connectivity index (χ0n) is 18.5. The van der Waals surface area contributed by atoms with E-state index in [2.05, 4.69) is 10.2 Å². The SMILES string of the molecule is CC(C)c1[nH][nH]c(=O)c1Cc1ccc(OCC(C)(C)C(=O)OCc2ccccc2)cc1. The molecule has 164 valence electrons. The Bertz CT molecular complexity index is 1050. The Morgan fingerprint density at radius 1 is 0.968 bits per heavy atom. The van der Waals surface area contributed by atoms with Gasteiger partial charge in [0.2, 0.25) is 0 Å². The van der Waals surface area contributed by atoms with Gasteiger partial charge in [-0.15, -0.1) is 0 Å². The Balaban J connectivity index is 1.55. The number of benzene rings is 2. The number of carbonyl (C=O) groups is 1. The number of hydrogen-bond donors (Lipinski definition) is 2. The highest BCUT2D eigenvalue weighted by atomic mass is 16.5. The molecule has 0 bridgehead atoms. The monoisotopic (exact) mass is 422 g/mol. The van der Waals surface area contributed by atoms with Crippen LogP contribution in [0.5, 0.6) is 5.75 Å². The molecule has 6 nitrogen and oxygen atoms in total. The maximum atomic E-state index is 12.5. The lowest BCUT2D eigenvalue weighted by molar-refractivity contribution is -0.157. The van der Waals surface area contributed by atoms with Crippen LogP contribution in [0.2, 0.25) is 0 Å². The highest BCUT2D eigenvalue weighted by Gasteiger charge is 2.30. The van der Waals surface area contributed by atoms with Crippen molar-refractivity contribution in [1.82, 2.24) is 10.2 Å². The lowest BCUT2D eigenvalue weighted by atomic mass is 9.95. The van der Waals surface area contributed by atoms with Crippen LogP contribution >= 0.6 is 0 Å². The molecule has 31 heavy (non-hydrogen) atoms. The normalized spacial score (nSPS) is 11.5. The summed E-state index contributed by atoms with van der Waals surface area (Å²) in [7, 11) is 0. The summed E-state index contributed by atoms with van der Waals surface area (Å²) in [5.74, 6) is 0.598. The van der Waals surface area contributed by atoms with E-state index in [9.17, 15) is 9.59 Å². The molecule has 0 saturated carbocycles. The number of nitrogens with one attached hydrogen (secondary N) is 2. The van der Waals surface area contributed by atoms with Gasteiger partial charge in [-0.25, -0.2) is 0 Å². The smallest absolute Gasteiger partial charge is 0.315 e. The molecular formula is C25H30N2O4. The molecule has 1 aromatic heterocycles. The summed E-state index contributed by atoms with van der Waals surface area (Å²) < 4.78 is 11.3. The summed E-state index contributed by atoms with van der Waals surface area (Å²) in [4.78, 5) is 24.6. The van der Waals surface area contributed by atoms with E-state index >= 15 is 0 Å². The molecule has 0 aliphatic heterocycles. The lowest BCUT2D eigenvalue weighted by Crippen LogP contribution is -2.32. The van der Waals surface area contributed by atoms with Gasteiger partial charge < -0.3 is 14.6 Å². The van der Waals surface area contributed by atoms with Gasteiger partial charge in [0.25, 0.3) is 5.56 Å². The highest BCUT2D eigenvalue weighted by Crippen LogP contribution is 2.23. The summed E-state index contributed by atoms with van der Waals surface area (Å²) >= 11 is 0. The van der Waals surface area contributed by atoms with Gasteiger partial charge in [-0.2, -0.15) is 0 Å². The molecular weight excluding hydrogens is 392 g/mol. The number of aromatic amines is 2. The molecule has 2 aromatic carbocycles. The van der Waals surface area contributed by atoms with Gasteiger partial charge >= 0.3 is 5.97 Å². The average molecular weight is 423 g/mol. The second kappa shape index (κ2) is 9.69. The van der Waals surface area contributed by atoms with Gasteiger partial charge in [-0.3, -0.25) is 14.7 Å². The minimum atomic E-state index is -0.780. The van der Waals surface area contributed by atoms with Crippen LogP contribution in [0.25, 0.3) is 0 Å². The number of carbonyl (C=O) groups excluding carboxylic acids is 1. The number of aromatic nitrogens is 2. The van der Waals surface area contributed by atoms with Gasteiger partial charge in [0.1, 0.15) is 19.0 Å². The topological polar surface area (TPSA) is 84.2 Å². The fourth-order valence-corrected chi connectivity index (χ4v) is 3.21. The molecule has 0 spiro atoms. The molecule has 3 aromatic rings. The zero-order valence-corrected chi connectivity index (χ0v) is 18.5. The van der Waals surface area contributed by atoms with E-state index in [1.54, 1.807) is 13.8 Å². The molecule has 6 heteroatoms. The van der Waals surface area contributed by atoms with Crippen molar-refractivity contribution in [3.63, 3.8) is 0 Å². The maximum Gasteiger partial charge on any atom is 0.315 e. The van der Waals surface area contributed by atoms with Gasteiger partial charge in [-0.05, 0) is 43.0 Å². The van der Waals surface area contributed by atoms with Crippen molar-refractivity contribution in [2.24, 2.45) is 5.41 Å². The fraction of sp³-hybridized carbons (Fsp3) is 0.360. The van der Waals surface area contributed by atoms with Crippen molar-refractivity contribution < 1.29 is 14.3 Å². The Labute approximate surface area is 182 Å². The van der Waals surface area contributed by atoms with Crippen molar-refractivity contribution in [3.05, 3.63) is 87.3 Å². The Hall–Kier alpha value is -3.28. The van der Waals surface area contributed by atoms with Crippen LogP contribution in [0, 0.1) is 5.41 Å². The standard InChI is InChI=1S/C25H30N2O4/c1-17(2)22-21(23(28)27-26-22)14-18-10-12-20(13-11-18)31-16-25(3,4)24(29)30-15-19-8-6-5-7-9-19/h5-13,17H,14-16H2,1-4H3,(H2,26,27,28). The van der Waals surface area contributed by atoms with Crippen LogP contribution in [0.3, 0.4) is 0 Å². The van der Waals surface area contributed by atoms with Crippen LogP contribution < -0.4 is 10.3 Å².